The van der Waals surface area contributed by atoms with Gasteiger partial charge in [-0.1, -0.05) is 6.42 Å². The molecule has 2 fully saturated rings. The normalized spacial score (nSPS) is 23.1. The van der Waals surface area contributed by atoms with Crippen LogP contribution < -0.4 is 5.32 Å². The maximum absolute atomic E-state index is 12.3. The number of amides is 2. The van der Waals surface area contributed by atoms with Crippen molar-refractivity contribution in [1.29, 1.82) is 0 Å². The lowest BCUT2D eigenvalue weighted by Gasteiger charge is -2.37. The first kappa shape index (κ1) is 17.2. The smallest absolute Gasteiger partial charge is 0.248 e. The van der Waals surface area contributed by atoms with E-state index >= 15 is 0 Å². The molecular formula is C13H24ClN3O3. The highest BCUT2D eigenvalue weighted by Crippen LogP contribution is 2.12. The van der Waals surface area contributed by atoms with Crippen LogP contribution in [0.1, 0.15) is 19.3 Å². The molecule has 2 rings (SSSR count). The highest BCUT2D eigenvalue weighted by Gasteiger charge is 2.29. The summed E-state index contributed by atoms with van der Waals surface area (Å²) in [6, 6.07) is -0.0185. The fraction of sp³-hybridized carbons (Fsp3) is 0.846. The van der Waals surface area contributed by atoms with E-state index in [4.69, 9.17) is 4.74 Å². The number of halogens is 1. The highest BCUT2D eigenvalue weighted by molar-refractivity contribution is 5.85. The van der Waals surface area contributed by atoms with Crippen molar-refractivity contribution < 1.29 is 14.3 Å². The molecule has 7 heteroatoms. The van der Waals surface area contributed by atoms with Gasteiger partial charge in [-0.25, -0.2) is 0 Å². The second-order valence-corrected chi connectivity index (χ2v) is 5.14. The molecule has 0 saturated carbocycles. The summed E-state index contributed by atoms with van der Waals surface area (Å²) in [6.07, 6.45) is 3.21. The van der Waals surface area contributed by atoms with Crippen molar-refractivity contribution in [2.24, 2.45) is 0 Å². The molecule has 0 bridgehead atoms. The van der Waals surface area contributed by atoms with E-state index in [9.17, 15) is 9.59 Å². The van der Waals surface area contributed by atoms with Gasteiger partial charge in [0.15, 0.2) is 0 Å². The number of rotatable bonds is 3. The molecule has 1 atom stereocenters. The number of hydrogen-bond donors (Lipinski definition) is 1. The molecule has 2 heterocycles. The summed E-state index contributed by atoms with van der Waals surface area (Å²) >= 11 is 0. The average molecular weight is 306 g/mol. The third kappa shape index (κ3) is 4.33. The van der Waals surface area contributed by atoms with Crippen LogP contribution >= 0.6 is 12.4 Å². The predicted molar refractivity (Wildman–Crippen MR) is 77.9 cm³/mol. The Kier molecular flexibility index (Phi) is 7.26. The number of nitrogens with one attached hydrogen (secondary N) is 1. The molecule has 0 spiro atoms. The van der Waals surface area contributed by atoms with Gasteiger partial charge in [0.25, 0.3) is 0 Å². The number of carbonyl (C=O) groups excluding carboxylic acids is 2. The molecule has 2 amide bonds. The van der Waals surface area contributed by atoms with Gasteiger partial charge in [-0.3, -0.25) is 9.59 Å². The van der Waals surface area contributed by atoms with Gasteiger partial charge in [-0.2, -0.15) is 0 Å². The minimum absolute atomic E-state index is 0. The monoisotopic (exact) mass is 305 g/mol. The lowest BCUT2D eigenvalue weighted by molar-refractivity contribution is -0.143. The SMILES string of the molecule is COCC(=O)N1CCN(C(=O)[C@H]2CCCCN2)CC1.Cl. The standard InChI is InChI=1S/C13H23N3O3.ClH/c1-19-10-12(17)15-6-8-16(9-7-15)13(18)11-4-2-3-5-14-11;/h11,14H,2-10H2,1H3;1H/t11-;/m1./s1. The third-order valence-electron chi connectivity index (χ3n) is 3.82. The number of piperazine rings is 1. The van der Waals surface area contributed by atoms with Gasteiger partial charge in [0, 0.05) is 33.3 Å². The lowest BCUT2D eigenvalue weighted by atomic mass is 10.0. The second-order valence-electron chi connectivity index (χ2n) is 5.14. The van der Waals surface area contributed by atoms with Gasteiger partial charge in [0.2, 0.25) is 11.8 Å². The zero-order valence-corrected chi connectivity index (χ0v) is 12.8. The van der Waals surface area contributed by atoms with Crippen molar-refractivity contribution in [3.8, 4) is 0 Å². The molecular weight excluding hydrogens is 282 g/mol. The molecule has 2 aliphatic heterocycles. The van der Waals surface area contributed by atoms with E-state index in [0.29, 0.717) is 26.2 Å². The molecule has 0 aromatic carbocycles. The van der Waals surface area contributed by atoms with Crippen LogP contribution in [0, 0.1) is 0 Å². The molecule has 1 N–H and O–H groups in total. The summed E-state index contributed by atoms with van der Waals surface area (Å²) in [5.74, 6) is 0.198. The molecule has 6 nitrogen and oxygen atoms in total. The van der Waals surface area contributed by atoms with Crippen molar-refractivity contribution in [3.05, 3.63) is 0 Å². The van der Waals surface area contributed by atoms with E-state index < -0.39 is 0 Å². The van der Waals surface area contributed by atoms with Crippen molar-refractivity contribution in [1.82, 2.24) is 15.1 Å². The van der Waals surface area contributed by atoms with Crippen LogP contribution in [0.15, 0.2) is 0 Å². The minimum atomic E-state index is -0.0185. The Labute approximate surface area is 126 Å². The van der Waals surface area contributed by atoms with Gasteiger partial charge < -0.3 is 19.9 Å². The van der Waals surface area contributed by atoms with Gasteiger partial charge in [-0.15, -0.1) is 12.4 Å². The Morgan fingerprint density at radius 3 is 2.35 bits per heavy atom. The Morgan fingerprint density at radius 2 is 1.80 bits per heavy atom. The first-order valence-electron chi connectivity index (χ1n) is 7.01. The summed E-state index contributed by atoms with van der Waals surface area (Å²) in [7, 11) is 1.52. The first-order valence-corrected chi connectivity index (χ1v) is 7.01. The van der Waals surface area contributed by atoms with E-state index in [1.807, 2.05) is 4.90 Å². The van der Waals surface area contributed by atoms with Gasteiger partial charge in [0.05, 0.1) is 6.04 Å². The molecule has 0 aliphatic carbocycles. The number of methoxy groups -OCH3 is 1. The molecule has 0 radical (unpaired) electrons. The van der Waals surface area contributed by atoms with Crippen molar-refractivity contribution in [3.63, 3.8) is 0 Å². The number of piperidine rings is 1. The Balaban J connectivity index is 0.00000200. The Hall–Kier alpha value is -0.850. The molecule has 2 aliphatic rings. The van der Waals surface area contributed by atoms with Crippen molar-refractivity contribution >= 4 is 24.2 Å². The molecule has 116 valence electrons. The van der Waals surface area contributed by atoms with Gasteiger partial charge in [0.1, 0.15) is 6.61 Å². The molecule has 0 unspecified atom stereocenters. The van der Waals surface area contributed by atoms with Crippen LogP contribution in [0.25, 0.3) is 0 Å². The predicted octanol–water partition coefficient (Wildman–Crippen LogP) is -0.132. The van der Waals surface area contributed by atoms with E-state index in [1.54, 1.807) is 4.90 Å². The third-order valence-corrected chi connectivity index (χ3v) is 3.82. The quantitative estimate of drug-likeness (QED) is 0.789. The van der Waals surface area contributed by atoms with E-state index in [1.165, 1.54) is 7.11 Å². The fourth-order valence-electron chi connectivity index (χ4n) is 2.67. The molecule has 0 aromatic heterocycles. The van der Waals surface area contributed by atoms with E-state index in [2.05, 4.69) is 5.32 Å². The summed E-state index contributed by atoms with van der Waals surface area (Å²) in [5.41, 5.74) is 0. The van der Waals surface area contributed by atoms with Crippen molar-refractivity contribution in [2.45, 2.75) is 25.3 Å². The number of ether oxygens (including phenoxy) is 1. The lowest BCUT2D eigenvalue weighted by Crippen LogP contribution is -2.56. The number of carbonyl (C=O) groups is 2. The minimum Gasteiger partial charge on any atom is -0.375 e. The maximum Gasteiger partial charge on any atom is 0.248 e. The fourth-order valence-corrected chi connectivity index (χ4v) is 2.67. The zero-order valence-electron chi connectivity index (χ0n) is 12.0. The van der Waals surface area contributed by atoms with Crippen LogP contribution in [-0.4, -0.2) is 74.1 Å². The largest absolute Gasteiger partial charge is 0.375 e. The first-order chi connectivity index (χ1) is 9.22. The van der Waals surface area contributed by atoms with E-state index in [0.717, 1.165) is 25.8 Å². The van der Waals surface area contributed by atoms with Gasteiger partial charge >= 0.3 is 0 Å². The van der Waals surface area contributed by atoms with E-state index in [-0.39, 0.29) is 36.9 Å². The molecule has 2 saturated heterocycles. The Bertz CT molecular complexity index is 327. The van der Waals surface area contributed by atoms with Crippen molar-refractivity contribution in [2.75, 3.05) is 46.4 Å². The maximum atomic E-state index is 12.3. The summed E-state index contributed by atoms with van der Waals surface area (Å²) in [5, 5.41) is 3.28. The topological polar surface area (TPSA) is 61.9 Å². The number of hydrogen-bond acceptors (Lipinski definition) is 4. The Morgan fingerprint density at radius 1 is 1.15 bits per heavy atom. The zero-order chi connectivity index (χ0) is 13.7. The van der Waals surface area contributed by atoms with Crippen LogP contribution in [0.2, 0.25) is 0 Å². The van der Waals surface area contributed by atoms with Crippen LogP contribution in [0.3, 0.4) is 0 Å². The highest BCUT2D eigenvalue weighted by atomic mass is 35.5. The molecule has 20 heavy (non-hydrogen) atoms. The molecule has 0 aromatic rings. The second kappa shape index (κ2) is 8.44. The average Bonchev–Trinajstić information content (AvgIpc) is 2.48. The van der Waals surface area contributed by atoms with Crippen LogP contribution in [0.5, 0.6) is 0 Å². The van der Waals surface area contributed by atoms with Crippen LogP contribution in [-0.2, 0) is 14.3 Å². The number of nitrogens with zero attached hydrogens (tertiary/aromatic N) is 2. The summed E-state index contributed by atoms with van der Waals surface area (Å²) in [6.45, 7) is 3.54. The summed E-state index contributed by atoms with van der Waals surface area (Å²) in [4.78, 5) is 27.6. The van der Waals surface area contributed by atoms with Gasteiger partial charge in [-0.05, 0) is 19.4 Å². The summed E-state index contributed by atoms with van der Waals surface area (Å²) < 4.78 is 4.84. The van der Waals surface area contributed by atoms with Crippen LogP contribution in [0.4, 0.5) is 0 Å².